The molecule has 1 amide bonds. The van der Waals surface area contributed by atoms with Crippen molar-refractivity contribution in [2.24, 2.45) is 5.10 Å². The molecule has 0 saturated carbocycles. The van der Waals surface area contributed by atoms with E-state index in [1.54, 1.807) is 6.92 Å². The first-order valence-corrected chi connectivity index (χ1v) is 12.6. The highest BCUT2D eigenvalue weighted by molar-refractivity contribution is 5.83. The first-order valence-electron chi connectivity index (χ1n) is 12.6. The second kappa shape index (κ2) is 10.6. The van der Waals surface area contributed by atoms with Crippen molar-refractivity contribution < 1.29 is 22.7 Å². The number of nitrogens with zero attached hydrogens (tertiary/aromatic N) is 8. The van der Waals surface area contributed by atoms with Gasteiger partial charge in [-0.2, -0.15) is 22.9 Å². The van der Waals surface area contributed by atoms with Crippen molar-refractivity contribution in [2.45, 2.75) is 25.9 Å². The van der Waals surface area contributed by atoms with Gasteiger partial charge in [0.1, 0.15) is 18.2 Å². The maximum absolute atomic E-state index is 13.2. The molecule has 2 fully saturated rings. The van der Waals surface area contributed by atoms with Crippen LogP contribution in [0.4, 0.5) is 18.9 Å². The number of aryl methyl sites for hydroxylation is 1. The van der Waals surface area contributed by atoms with Crippen LogP contribution in [0.2, 0.25) is 0 Å². The molecule has 13 heteroatoms. The highest BCUT2D eigenvalue weighted by Gasteiger charge is 2.40. The molecule has 0 atom stereocenters. The van der Waals surface area contributed by atoms with E-state index in [2.05, 4.69) is 25.1 Å². The number of amidine groups is 1. The van der Waals surface area contributed by atoms with Crippen molar-refractivity contribution in [1.29, 1.82) is 0 Å². The molecule has 3 aliphatic heterocycles. The van der Waals surface area contributed by atoms with Gasteiger partial charge in [0.15, 0.2) is 5.82 Å². The van der Waals surface area contributed by atoms with Gasteiger partial charge in [0.2, 0.25) is 5.91 Å². The normalized spacial score (nSPS) is 19.0. The molecular weight excluding hydrogens is 489 g/mol. The molecule has 3 aliphatic rings. The van der Waals surface area contributed by atoms with E-state index in [-0.39, 0.29) is 11.7 Å². The van der Waals surface area contributed by atoms with E-state index in [9.17, 15) is 18.0 Å². The summed E-state index contributed by atoms with van der Waals surface area (Å²) in [6.45, 7) is 9.11. The summed E-state index contributed by atoms with van der Waals surface area (Å²) in [5.74, 6) is 0.754. The number of piperazine rings is 2. The second-order valence-corrected chi connectivity index (χ2v) is 9.43. The fraction of sp³-hybridized carbons (Fsp3) is 0.583. The number of carbonyl (C=O) groups is 1. The van der Waals surface area contributed by atoms with Crippen molar-refractivity contribution in [1.82, 2.24) is 29.6 Å². The lowest BCUT2D eigenvalue weighted by atomic mass is 10.2. The minimum absolute atomic E-state index is 0.130. The molecular formula is C24H31F3N8O2. The zero-order chi connectivity index (χ0) is 26.0. The Bertz CT molecular complexity index is 1120. The lowest BCUT2D eigenvalue weighted by Crippen LogP contribution is -2.49. The molecule has 0 aliphatic carbocycles. The summed E-state index contributed by atoms with van der Waals surface area (Å²) in [7, 11) is 0. The Morgan fingerprint density at radius 3 is 2.24 bits per heavy atom. The van der Waals surface area contributed by atoms with Crippen molar-refractivity contribution >= 4 is 17.4 Å². The van der Waals surface area contributed by atoms with Crippen LogP contribution in [-0.2, 0) is 17.4 Å². The van der Waals surface area contributed by atoms with Gasteiger partial charge in [-0.05, 0) is 24.3 Å². The van der Waals surface area contributed by atoms with Gasteiger partial charge in [-0.1, -0.05) is 0 Å². The molecule has 0 bridgehead atoms. The van der Waals surface area contributed by atoms with Gasteiger partial charge in [-0.15, -0.1) is 10.2 Å². The van der Waals surface area contributed by atoms with Crippen molar-refractivity contribution in [2.75, 3.05) is 70.4 Å². The Labute approximate surface area is 213 Å². The monoisotopic (exact) mass is 520 g/mol. The first kappa shape index (κ1) is 25.3. The largest absolute Gasteiger partial charge is 0.492 e. The topological polar surface area (TPSA) is 82.3 Å². The summed E-state index contributed by atoms with van der Waals surface area (Å²) in [6.07, 6.45) is -3.65. The zero-order valence-electron chi connectivity index (χ0n) is 20.8. The van der Waals surface area contributed by atoms with Crippen LogP contribution in [0.25, 0.3) is 0 Å². The highest BCUT2D eigenvalue weighted by atomic mass is 19.4. The van der Waals surface area contributed by atoms with Crippen LogP contribution in [0.3, 0.4) is 0 Å². The number of amides is 1. The second-order valence-electron chi connectivity index (χ2n) is 9.43. The Morgan fingerprint density at radius 2 is 1.59 bits per heavy atom. The lowest BCUT2D eigenvalue weighted by molar-refractivity contribution is -0.147. The average molecular weight is 521 g/mol. The molecule has 0 radical (unpaired) electrons. The lowest BCUT2D eigenvalue weighted by Gasteiger charge is -2.38. The van der Waals surface area contributed by atoms with Crippen LogP contribution in [0.5, 0.6) is 5.75 Å². The molecule has 37 heavy (non-hydrogen) atoms. The minimum atomic E-state index is -4.59. The van der Waals surface area contributed by atoms with Gasteiger partial charge in [-0.25, -0.2) is 0 Å². The number of fused-ring (bicyclic) bond motifs is 1. The number of carbonyl (C=O) groups excluding carboxylic acids is 1. The van der Waals surface area contributed by atoms with Gasteiger partial charge >= 0.3 is 6.18 Å². The smallest absolute Gasteiger partial charge is 0.453 e. The number of benzene rings is 1. The average Bonchev–Trinajstić information content (AvgIpc) is 3.34. The Kier molecular flexibility index (Phi) is 7.22. The van der Waals surface area contributed by atoms with E-state index in [1.807, 2.05) is 34.1 Å². The number of alkyl halides is 3. The van der Waals surface area contributed by atoms with Gasteiger partial charge in [0, 0.05) is 84.4 Å². The van der Waals surface area contributed by atoms with Gasteiger partial charge in [0.25, 0.3) is 5.82 Å². The SMILES string of the molecule is CC(=O)N1CCN(CCOc2ccc(N3CCN(C4=Nn5c(nnc5C(F)(F)F)CC4)CC3)cc2)CC1. The summed E-state index contributed by atoms with van der Waals surface area (Å²) in [5.41, 5.74) is 1.08. The molecule has 200 valence electrons. The van der Waals surface area contributed by atoms with Gasteiger partial charge < -0.3 is 19.4 Å². The summed E-state index contributed by atoms with van der Waals surface area (Å²) < 4.78 is 46.4. The number of ether oxygens (including phenoxy) is 1. The van der Waals surface area contributed by atoms with Crippen LogP contribution in [0, 0.1) is 0 Å². The van der Waals surface area contributed by atoms with E-state index >= 15 is 0 Å². The standard InChI is InChI=1S/C24H31F3N8O2/c1-18(36)32-10-8-31(9-11-32)16-17-37-20-4-2-19(3-5-20)33-12-14-34(15-13-33)22-7-6-21-28-29-23(24(25,26)27)35(21)30-22/h2-5H,6-17H2,1H3. The Hall–Kier alpha value is -3.35. The van der Waals surface area contributed by atoms with E-state index in [0.29, 0.717) is 38.4 Å². The third-order valence-corrected chi connectivity index (χ3v) is 7.09. The third-order valence-electron chi connectivity index (χ3n) is 7.09. The van der Waals surface area contributed by atoms with Gasteiger partial charge in [-0.3, -0.25) is 9.69 Å². The number of hydrogen-bond donors (Lipinski definition) is 0. The fourth-order valence-corrected chi connectivity index (χ4v) is 4.92. The Morgan fingerprint density at radius 1 is 0.919 bits per heavy atom. The molecule has 0 unspecified atom stereocenters. The molecule has 1 aromatic carbocycles. The molecule has 10 nitrogen and oxygen atoms in total. The molecule has 0 spiro atoms. The van der Waals surface area contributed by atoms with Crippen LogP contribution in [-0.4, -0.2) is 107 Å². The molecule has 1 aromatic heterocycles. The van der Waals surface area contributed by atoms with E-state index in [1.165, 1.54) is 0 Å². The summed E-state index contributed by atoms with van der Waals surface area (Å²) in [5, 5.41) is 11.2. The third kappa shape index (κ3) is 5.81. The van der Waals surface area contributed by atoms with Crippen molar-refractivity contribution in [3.8, 4) is 5.75 Å². The fourth-order valence-electron chi connectivity index (χ4n) is 4.92. The predicted octanol–water partition coefficient (Wildman–Crippen LogP) is 1.77. The predicted molar refractivity (Wildman–Crippen MR) is 131 cm³/mol. The van der Waals surface area contributed by atoms with Crippen molar-refractivity contribution in [3.05, 3.63) is 35.9 Å². The van der Waals surface area contributed by atoms with Crippen LogP contribution in [0.1, 0.15) is 25.0 Å². The first-order chi connectivity index (χ1) is 17.8. The maximum Gasteiger partial charge on any atom is 0.453 e. The molecule has 2 saturated heterocycles. The van der Waals surface area contributed by atoms with Crippen LogP contribution in [0.15, 0.2) is 29.4 Å². The summed E-state index contributed by atoms with van der Waals surface area (Å²) in [6, 6.07) is 8.00. The van der Waals surface area contributed by atoms with Crippen LogP contribution >= 0.6 is 0 Å². The van der Waals surface area contributed by atoms with Crippen LogP contribution < -0.4 is 9.64 Å². The highest BCUT2D eigenvalue weighted by Crippen LogP contribution is 2.30. The number of aromatic nitrogens is 3. The number of rotatable bonds is 5. The maximum atomic E-state index is 13.2. The van der Waals surface area contributed by atoms with E-state index < -0.39 is 12.0 Å². The van der Waals surface area contributed by atoms with Gasteiger partial charge in [0.05, 0.1) is 0 Å². The molecule has 5 rings (SSSR count). The van der Waals surface area contributed by atoms with E-state index in [0.717, 1.165) is 61.9 Å². The number of anilines is 1. The molecule has 4 heterocycles. The molecule has 0 N–H and O–H groups in total. The molecule has 2 aromatic rings. The van der Waals surface area contributed by atoms with Crippen molar-refractivity contribution in [3.63, 3.8) is 0 Å². The quantitative estimate of drug-likeness (QED) is 0.595. The minimum Gasteiger partial charge on any atom is -0.492 e. The number of hydrogen-bond acceptors (Lipinski definition) is 8. The summed E-state index contributed by atoms with van der Waals surface area (Å²) >= 11 is 0. The summed E-state index contributed by atoms with van der Waals surface area (Å²) in [4.78, 5) is 19.9. The Balaban J connectivity index is 1.09. The van der Waals surface area contributed by atoms with E-state index in [4.69, 9.17) is 4.74 Å². The number of halogens is 3. The zero-order valence-corrected chi connectivity index (χ0v) is 20.8.